The maximum Gasteiger partial charge on any atom is 0.241 e. The molecule has 1 N–H and O–H groups in total. The molecule has 3 rings (SSSR count). The average Bonchev–Trinajstić information content (AvgIpc) is 2.73. The monoisotopic (exact) mass is 445 g/mol. The molecule has 168 valence electrons. The molecule has 8 heteroatoms. The maximum atomic E-state index is 12.5. The Morgan fingerprint density at radius 3 is 2.29 bits per heavy atom. The Bertz CT molecular complexity index is 1000. The number of anilines is 1. The molecule has 1 saturated heterocycles. The molecular weight excluding hydrogens is 414 g/mol. The number of amides is 1. The van der Waals surface area contributed by atoms with E-state index >= 15 is 0 Å². The van der Waals surface area contributed by atoms with E-state index in [1.807, 2.05) is 32.0 Å². The number of rotatable bonds is 8. The number of nitrogens with one attached hydrogen (secondary N) is 1. The van der Waals surface area contributed by atoms with Crippen LogP contribution in [-0.4, -0.2) is 58.3 Å². The van der Waals surface area contributed by atoms with Crippen LogP contribution in [0.1, 0.15) is 22.3 Å². The summed E-state index contributed by atoms with van der Waals surface area (Å²) in [7, 11) is -3.59. The third-order valence-electron chi connectivity index (χ3n) is 5.49. The molecule has 1 heterocycles. The van der Waals surface area contributed by atoms with Gasteiger partial charge in [0.05, 0.1) is 25.2 Å². The quantitative estimate of drug-likeness (QED) is 0.674. The number of nitrogens with zero attached hydrogens (tertiary/aromatic N) is 2. The molecule has 0 saturated carbocycles. The van der Waals surface area contributed by atoms with Gasteiger partial charge in [-0.05, 0) is 48.2 Å². The van der Waals surface area contributed by atoms with E-state index in [9.17, 15) is 13.2 Å². The van der Waals surface area contributed by atoms with Gasteiger partial charge in [-0.15, -0.1) is 0 Å². The van der Waals surface area contributed by atoms with Crippen molar-refractivity contribution in [1.82, 2.24) is 10.2 Å². The number of carbonyl (C=O) groups excluding carboxylic acids is 1. The van der Waals surface area contributed by atoms with Crippen molar-refractivity contribution in [3.63, 3.8) is 0 Å². The van der Waals surface area contributed by atoms with Crippen molar-refractivity contribution in [3.8, 4) is 0 Å². The second-order valence-corrected chi connectivity index (χ2v) is 9.93. The van der Waals surface area contributed by atoms with Crippen molar-refractivity contribution in [2.24, 2.45) is 0 Å². The number of carbonyl (C=O) groups is 1. The van der Waals surface area contributed by atoms with Crippen LogP contribution in [0.5, 0.6) is 0 Å². The van der Waals surface area contributed by atoms with Crippen LogP contribution in [0.2, 0.25) is 0 Å². The third-order valence-corrected chi connectivity index (χ3v) is 6.63. The second kappa shape index (κ2) is 10.3. The summed E-state index contributed by atoms with van der Waals surface area (Å²) in [6.07, 6.45) is 1.11. The molecule has 1 aliphatic rings. The SMILES string of the molecule is Cc1ccc(N(CC(=O)NCc2ccc(CN3CCOCC3)cc2)S(C)(=O)=O)cc1C. The number of aryl methyl sites for hydroxylation is 2. The largest absolute Gasteiger partial charge is 0.379 e. The van der Waals surface area contributed by atoms with E-state index in [1.54, 1.807) is 12.1 Å². The van der Waals surface area contributed by atoms with Crippen molar-refractivity contribution in [2.45, 2.75) is 26.9 Å². The number of hydrogen-bond donors (Lipinski definition) is 1. The lowest BCUT2D eigenvalue weighted by atomic mass is 10.1. The Hall–Kier alpha value is -2.42. The van der Waals surface area contributed by atoms with Gasteiger partial charge in [-0.3, -0.25) is 14.0 Å². The number of morpholine rings is 1. The lowest BCUT2D eigenvalue weighted by molar-refractivity contribution is -0.119. The predicted molar refractivity (Wildman–Crippen MR) is 122 cm³/mol. The Balaban J connectivity index is 1.56. The van der Waals surface area contributed by atoms with E-state index in [0.29, 0.717) is 12.2 Å². The Labute approximate surface area is 185 Å². The first-order valence-electron chi connectivity index (χ1n) is 10.4. The molecule has 2 aromatic rings. The van der Waals surface area contributed by atoms with Gasteiger partial charge in [-0.2, -0.15) is 0 Å². The van der Waals surface area contributed by atoms with E-state index < -0.39 is 10.0 Å². The molecule has 0 unspecified atom stereocenters. The minimum atomic E-state index is -3.59. The highest BCUT2D eigenvalue weighted by atomic mass is 32.2. The molecule has 31 heavy (non-hydrogen) atoms. The van der Waals surface area contributed by atoms with Crippen LogP contribution in [0.25, 0.3) is 0 Å². The first-order chi connectivity index (χ1) is 14.7. The molecule has 0 spiro atoms. The van der Waals surface area contributed by atoms with Crippen LogP contribution in [0.4, 0.5) is 5.69 Å². The van der Waals surface area contributed by atoms with Gasteiger partial charge < -0.3 is 10.1 Å². The minimum absolute atomic E-state index is 0.254. The molecule has 0 bridgehead atoms. The van der Waals surface area contributed by atoms with Crippen LogP contribution in [-0.2, 0) is 32.6 Å². The van der Waals surface area contributed by atoms with E-state index in [1.165, 1.54) is 5.56 Å². The highest BCUT2D eigenvalue weighted by molar-refractivity contribution is 7.92. The van der Waals surface area contributed by atoms with E-state index in [2.05, 4.69) is 22.3 Å². The van der Waals surface area contributed by atoms with Gasteiger partial charge >= 0.3 is 0 Å². The Kier molecular flexibility index (Phi) is 7.69. The molecule has 7 nitrogen and oxygen atoms in total. The first-order valence-corrected chi connectivity index (χ1v) is 12.3. The van der Waals surface area contributed by atoms with Gasteiger partial charge in [-0.1, -0.05) is 30.3 Å². The summed E-state index contributed by atoms with van der Waals surface area (Å²) in [5.41, 5.74) is 4.72. The van der Waals surface area contributed by atoms with Crippen LogP contribution >= 0.6 is 0 Å². The van der Waals surface area contributed by atoms with Gasteiger partial charge in [0.25, 0.3) is 0 Å². The normalized spacial score (nSPS) is 14.9. The van der Waals surface area contributed by atoms with Gasteiger partial charge in [-0.25, -0.2) is 8.42 Å². The second-order valence-electron chi connectivity index (χ2n) is 8.02. The van der Waals surface area contributed by atoms with E-state index in [0.717, 1.165) is 60.1 Å². The van der Waals surface area contributed by atoms with Crippen LogP contribution in [0, 0.1) is 13.8 Å². The lowest BCUT2D eigenvalue weighted by Crippen LogP contribution is -2.40. The Morgan fingerprint density at radius 1 is 1.03 bits per heavy atom. The van der Waals surface area contributed by atoms with Crippen molar-refractivity contribution < 1.29 is 17.9 Å². The highest BCUT2D eigenvalue weighted by Gasteiger charge is 2.21. The third kappa shape index (κ3) is 6.78. The van der Waals surface area contributed by atoms with E-state index in [4.69, 9.17) is 4.74 Å². The summed E-state index contributed by atoms with van der Waals surface area (Å²) >= 11 is 0. The molecule has 0 atom stereocenters. The fourth-order valence-electron chi connectivity index (χ4n) is 3.45. The highest BCUT2D eigenvalue weighted by Crippen LogP contribution is 2.21. The van der Waals surface area contributed by atoms with E-state index in [-0.39, 0.29) is 12.5 Å². The standard InChI is InChI=1S/C23H31N3O4S/c1-18-4-9-22(14-19(18)2)26(31(3,28)29)17-23(27)24-15-20-5-7-21(8-6-20)16-25-10-12-30-13-11-25/h4-9,14H,10-13,15-17H2,1-3H3,(H,24,27). The van der Waals surface area contributed by atoms with Crippen LogP contribution in [0.3, 0.4) is 0 Å². The van der Waals surface area contributed by atoms with Crippen molar-refractivity contribution in [2.75, 3.05) is 43.4 Å². The van der Waals surface area contributed by atoms with Crippen LogP contribution in [0.15, 0.2) is 42.5 Å². The molecule has 0 aromatic heterocycles. The van der Waals surface area contributed by atoms with Gasteiger partial charge in [0, 0.05) is 26.2 Å². The topological polar surface area (TPSA) is 79.0 Å². The number of sulfonamides is 1. The summed E-state index contributed by atoms with van der Waals surface area (Å²) in [6.45, 7) is 8.29. The van der Waals surface area contributed by atoms with Crippen LogP contribution < -0.4 is 9.62 Å². The fourth-order valence-corrected chi connectivity index (χ4v) is 4.30. The van der Waals surface area contributed by atoms with Gasteiger partial charge in [0.15, 0.2) is 0 Å². The van der Waals surface area contributed by atoms with Crippen molar-refractivity contribution >= 4 is 21.6 Å². The summed E-state index contributed by atoms with van der Waals surface area (Å²) in [6, 6.07) is 13.5. The molecule has 1 aliphatic heterocycles. The average molecular weight is 446 g/mol. The smallest absolute Gasteiger partial charge is 0.241 e. The Morgan fingerprint density at radius 2 is 1.68 bits per heavy atom. The molecule has 1 fully saturated rings. The number of ether oxygens (including phenoxy) is 1. The summed E-state index contributed by atoms with van der Waals surface area (Å²) in [5.74, 6) is -0.346. The lowest BCUT2D eigenvalue weighted by Gasteiger charge is -2.26. The van der Waals surface area contributed by atoms with Crippen molar-refractivity contribution in [1.29, 1.82) is 0 Å². The molecule has 2 aromatic carbocycles. The first kappa shape index (κ1) is 23.2. The van der Waals surface area contributed by atoms with Gasteiger partial charge in [0.1, 0.15) is 6.54 Å². The van der Waals surface area contributed by atoms with Gasteiger partial charge in [0.2, 0.25) is 15.9 Å². The summed E-state index contributed by atoms with van der Waals surface area (Å²) in [5, 5.41) is 2.83. The zero-order valence-electron chi connectivity index (χ0n) is 18.4. The maximum absolute atomic E-state index is 12.5. The summed E-state index contributed by atoms with van der Waals surface area (Å²) < 4.78 is 31.1. The number of hydrogen-bond acceptors (Lipinski definition) is 5. The predicted octanol–water partition coefficient (Wildman–Crippen LogP) is 2.22. The molecular formula is C23H31N3O4S. The molecule has 1 amide bonds. The fraction of sp³-hybridized carbons (Fsp3) is 0.435. The summed E-state index contributed by atoms with van der Waals surface area (Å²) in [4.78, 5) is 14.8. The zero-order chi connectivity index (χ0) is 22.4. The molecule has 0 aliphatic carbocycles. The molecule has 0 radical (unpaired) electrons. The zero-order valence-corrected chi connectivity index (χ0v) is 19.2. The number of benzene rings is 2. The minimum Gasteiger partial charge on any atom is -0.379 e. The van der Waals surface area contributed by atoms with Crippen molar-refractivity contribution in [3.05, 3.63) is 64.7 Å².